The summed E-state index contributed by atoms with van der Waals surface area (Å²) in [6, 6.07) is 13.1. The Morgan fingerprint density at radius 2 is 1.78 bits per heavy atom. The number of carboxylic acid groups (broad SMARTS) is 1. The van der Waals surface area contributed by atoms with Crippen LogP contribution in [0.2, 0.25) is 0 Å². The number of ketones is 1. The second-order valence-corrected chi connectivity index (χ2v) is 4.39. The third-order valence-electron chi connectivity index (χ3n) is 2.98. The molecule has 0 aliphatic heterocycles. The van der Waals surface area contributed by atoms with Crippen LogP contribution in [0.3, 0.4) is 0 Å². The Bertz CT molecular complexity index is 596. The number of aliphatic carboxylic acids is 1. The fourth-order valence-corrected chi connectivity index (χ4v) is 2.06. The molecule has 1 N–H and O–H groups in total. The second-order valence-electron chi connectivity index (χ2n) is 4.39. The number of hydrogen-bond acceptors (Lipinski definition) is 2. The molecule has 0 heterocycles. The number of carbonyl (C=O) groups is 2. The van der Waals surface area contributed by atoms with Crippen molar-refractivity contribution in [3.8, 4) is 0 Å². The van der Waals surface area contributed by atoms with E-state index in [4.69, 9.17) is 5.11 Å². The zero-order valence-corrected chi connectivity index (χ0v) is 10.1. The van der Waals surface area contributed by atoms with E-state index in [1.165, 1.54) is 0 Å². The van der Waals surface area contributed by atoms with Crippen LogP contribution in [0.15, 0.2) is 42.5 Å². The molecule has 1 atom stereocenters. The Balaban J connectivity index is 2.42. The minimum absolute atomic E-state index is 0.116. The first-order valence-corrected chi connectivity index (χ1v) is 5.83. The van der Waals surface area contributed by atoms with Gasteiger partial charge in [-0.25, -0.2) is 0 Å². The van der Waals surface area contributed by atoms with Gasteiger partial charge >= 0.3 is 5.97 Å². The molecule has 0 saturated carbocycles. The molecule has 0 fully saturated rings. The SMILES string of the molecule is CC(CC(=O)O)C(=O)c1cccc2ccccc12. The van der Waals surface area contributed by atoms with Crippen LogP contribution >= 0.6 is 0 Å². The predicted molar refractivity (Wildman–Crippen MR) is 69.7 cm³/mol. The lowest BCUT2D eigenvalue weighted by Crippen LogP contribution is -2.15. The summed E-state index contributed by atoms with van der Waals surface area (Å²) in [6.45, 7) is 1.65. The van der Waals surface area contributed by atoms with E-state index in [1.807, 2.05) is 36.4 Å². The first-order chi connectivity index (χ1) is 8.59. The van der Waals surface area contributed by atoms with Crippen molar-refractivity contribution in [2.45, 2.75) is 13.3 Å². The van der Waals surface area contributed by atoms with Crippen LogP contribution in [-0.4, -0.2) is 16.9 Å². The van der Waals surface area contributed by atoms with Crippen LogP contribution in [-0.2, 0) is 4.79 Å². The molecule has 18 heavy (non-hydrogen) atoms. The quantitative estimate of drug-likeness (QED) is 0.838. The molecule has 2 aromatic carbocycles. The molecular weight excluding hydrogens is 228 g/mol. The fourth-order valence-electron chi connectivity index (χ4n) is 2.06. The van der Waals surface area contributed by atoms with Crippen molar-refractivity contribution in [3.05, 3.63) is 48.0 Å². The summed E-state index contributed by atoms with van der Waals surface area (Å²) >= 11 is 0. The van der Waals surface area contributed by atoms with Gasteiger partial charge in [0.2, 0.25) is 0 Å². The first kappa shape index (κ1) is 12.3. The maximum atomic E-state index is 12.2. The van der Waals surface area contributed by atoms with Crippen molar-refractivity contribution in [3.63, 3.8) is 0 Å². The molecular formula is C15H14O3. The van der Waals surface area contributed by atoms with Crippen molar-refractivity contribution in [1.82, 2.24) is 0 Å². The van der Waals surface area contributed by atoms with E-state index in [1.54, 1.807) is 13.0 Å². The summed E-state index contributed by atoms with van der Waals surface area (Å²) in [4.78, 5) is 22.9. The molecule has 0 aliphatic rings. The summed E-state index contributed by atoms with van der Waals surface area (Å²) in [5, 5.41) is 10.6. The molecule has 2 aromatic rings. The molecule has 2 rings (SSSR count). The Morgan fingerprint density at radius 1 is 1.11 bits per heavy atom. The smallest absolute Gasteiger partial charge is 0.304 e. The van der Waals surface area contributed by atoms with Gasteiger partial charge in [-0.2, -0.15) is 0 Å². The lowest BCUT2D eigenvalue weighted by molar-refractivity contribution is -0.137. The summed E-state index contributed by atoms with van der Waals surface area (Å²) in [5.74, 6) is -1.57. The van der Waals surface area contributed by atoms with Gasteiger partial charge in [0, 0.05) is 11.5 Å². The van der Waals surface area contributed by atoms with Gasteiger partial charge in [-0.15, -0.1) is 0 Å². The summed E-state index contributed by atoms with van der Waals surface area (Å²) < 4.78 is 0. The van der Waals surface area contributed by atoms with Crippen molar-refractivity contribution < 1.29 is 14.7 Å². The molecule has 0 bridgehead atoms. The number of benzene rings is 2. The zero-order chi connectivity index (χ0) is 13.1. The van der Waals surface area contributed by atoms with Crippen LogP contribution in [0.1, 0.15) is 23.7 Å². The van der Waals surface area contributed by atoms with Crippen LogP contribution in [0, 0.1) is 5.92 Å². The Morgan fingerprint density at radius 3 is 2.50 bits per heavy atom. The molecule has 0 radical (unpaired) electrons. The number of fused-ring (bicyclic) bond motifs is 1. The van der Waals surface area contributed by atoms with Gasteiger partial charge in [-0.3, -0.25) is 9.59 Å². The van der Waals surface area contributed by atoms with E-state index in [2.05, 4.69) is 0 Å². The maximum absolute atomic E-state index is 12.2. The van der Waals surface area contributed by atoms with Crippen molar-refractivity contribution in [2.75, 3.05) is 0 Å². The van der Waals surface area contributed by atoms with Gasteiger partial charge in [0.25, 0.3) is 0 Å². The normalized spacial score (nSPS) is 12.3. The number of rotatable bonds is 4. The second kappa shape index (κ2) is 5.00. The highest BCUT2D eigenvalue weighted by Gasteiger charge is 2.19. The van der Waals surface area contributed by atoms with E-state index in [0.717, 1.165) is 10.8 Å². The molecule has 0 amide bonds. The third kappa shape index (κ3) is 2.40. The highest BCUT2D eigenvalue weighted by atomic mass is 16.4. The van der Waals surface area contributed by atoms with Gasteiger partial charge in [-0.05, 0) is 10.8 Å². The van der Waals surface area contributed by atoms with Crippen LogP contribution in [0.25, 0.3) is 10.8 Å². The lowest BCUT2D eigenvalue weighted by Gasteiger charge is -2.10. The average Bonchev–Trinajstić information content (AvgIpc) is 2.36. The lowest BCUT2D eigenvalue weighted by atomic mass is 9.93. The van der Waals surface area contributed by atoms with Crippen molar-refractivity contribution in [1.29, 1.82) is 0 Å². The van der Waals surface area contributed by atoms with E-state index < -0.39 is 11.9 Å². The Labute approximate surface area is 105 Å². The summed E-state index contributed by atoms with van der Waals surface area (Å²) in [6.07, 6.45) is -0.137. The highest BCUT2D eigenvalue weighted by Crippen LogP contribution is 2.22. The van der Waals surface area contributed by atoms with E-state index in [9.17, 15) is 9.59 Å². The largest absolute Gasteiger partial charge is 0.481 e. The monoisotopic (exact) mass is 242 g/mol. The number of hydrogen-bond donors (Lipinski definition) is 1. The first-order valence-electron chi connectivity index (χ1n) is 5.83. The van der Waals surface area contributed by atoms with Gasteiger partial charge in [0.15, 0.2) is 5.78 Å². The third-order valence-corrected chi connectivity index (χ3v) is 2.98. The Hall–Kier alpha value is -2.16. The average molecular weight is 242 g/mol. The predicted octanol–water partition coefficient (Wildman–Crippen LogP) is 3.13. The summed E-state index contributed by atoms with van der Waals surface area (Å²) in [5.41, 5.74) is 0.599. The number of carbonyl (C=O) groups excluding carboxylic acids is 1. The van der Waals surface area contributed by atoms with E-state index >= 15 is 0 Å². The van der Waals surface area contributed by atoms with Crippen LogP contribution in [0.5, 0.6) is 0 Å². The number of carboxylic acids is 1. The van der Waals surface area contributed by atoms with Gasteiger partial charge < -0.3 is 5.11 Å². The molecule has 3 nitrogen and oxygen atoms in total. The van der Waals surface area contributed by atoms with E-state index in [0.29, 0.717) is 5.56 Å². The maximum Gasteiger partial charge on any atom is 0.304 e. The van der Waals surface area contributed by atoms with E-state index in [-0.39, 0.29) is 12.2 Å². The van der Waals surface area contributed by atoms with Gasteiger partial charge in [0.1, 0.15) is 0 Å². The minimum Gasteiger partial charge on any atom is -0.481 e. The van der Waals surface area contributed by atoms with Crippen molar-refractivity contribution in [2.24, 2.45) is 5.92 Å². The van der Waals surface area contributed by atoms with Gasteiger partial charge in [0.05, 0.1) is 6.42 Å². The number of Topliss-reactive ketones (excluding diaryl/α,β-unsaturated/α-hetero) is 1. The topological polar surface area (TPSA) is 54.4 Å². The highest BCUT2D eigenvalue weighted by molar-refractivity contribution is 6.09. The molecule has 0 spiro atoms. The van der Waals surface area contributed by atoms with Crippen LogP contribution < -0.4 is 0 Å². The van der Waals surface area contributed by atoms with Crippen molar-refractivity contribution >= 4 is 22.5 Å². The Kier molecular flexibility index (Phi) is 3.42. The standard InChI is InChI=1S/C15H14O3/c1-10(9-14(16)17)15(18)13-8-4-6-11-5-2-3-7-12(11)13/h2-8,10H,9H2,1H3,(H,16,17). The molecule has 1 unspecified atom stereocenters. The fraction of sp³-hybridized carbons (Fsp3) is 0.200. The molecule has 0 aromatic heterocycles. The van der Waals surface area contributed by atoms with Crippen LogP contribution in [0.4, 0.5) is 0 Å². The van der Waals surface area contributed by atoms with Gasteiger partial charge in [-0.1, -0.05) is 49.4 Å². The summed E-state index contributed by atoms with van der Waals surface area (Å²) in [7, 11) is 0. The molecule has 3 heteroatoms. The molecule has 92 valence electrons. The zero-order valence-electron chi connectivity index (χ0n) is 10.1. The molecule has 0 saturated heterocycles. The minimum atomic E-state index is -0.948. The molecule has 0 aliphatic carbocycles.